The summed E-state index contributed by atoms with van der Waals surface area (Å²) in [6, 6.07) is -0.709. The maximum absolute atomic E-state index is 10.9. The van der Waals surface area contributed by atoms with Gasteiger partial charge in [0.25, 0.3) is 0 Å². The Labute approximate surface area is 69.4 Å². The SMILES string of the molecule is O=C1NC(C(=O)O)CC1CS. The third kappa shape index (κ3) is 1.65. The second-order valence-electron chi connectivity index (χ2n) is 2.51. The van der Waals surface area contributed by atoms with Gasteiger partial charge in [-0.25, -0.2) is 4.79 Å². The Morgan fingerprint density at radius 2 is 2.45 bits per heavy atom. The smallest absolute Gasteiger partial charge is 0.326 e. The molecule has 2 N–H and O–H groups in total. The molecule has 1 aliphatic heterocycles. The van der Waals surface area contributed by atoms with E-state index in [-0.39, 0.29) is 11.8 Å². The predicted octanol–water partition coefficient (Wildman–Crippen LogP) is -0.495. The fourth-order valence-corrected chi connectivity index (χ4v) is 1.37. The molecule has 1 aliphatic rings. The molecule has 0 spiro atoms. The van der Waals surface area contributed by atoms with Crippen molar-refractivity contribution < 1.29 is 14.7 Å². The highest BCUT2D eigenvalue weighted by Gasteiger charge is 2.34. The fourth-order valence-electron chi connectivity index (χ4n) is 1.06. The molecule has 1 saturated heterocycles. The summed E-state index contributed by atoms with van der Waals surface area (Å²) in [5, 5.41) is 10.9. The van der Waals surface area contributed by atoms with Gasteiger partial charge in [0.15, 0.2) is 0 Å². The van der Waals surface area contributed by atoms with E-state index >= 15 is 0 Å². The van der Waals surface area contributed by atoms with Crippen molar-refractivity contribution in [2.45, 2.75) is 12.5 Å². The molecule has 0 aromatic heterocycles. The number of rotatable bonds is 2. The van der Waals surface area contributed by atoms with E-state index in [4.69, 9.17) is 5.11 Å². The molecule has 2 unspecified atom stereocenters. The first-order valence-electron chi connectivity index (χ1n) is 3.29. The second kappa shape index (κ2) is 3.13. The number of carboxylic acid groups (broad SMARTS) is 1. The summed E-state index contributed by atoms with van der Waals surface area (Å²) < 4.78 is 0. The van der Waals surface area contributed by atoms with Crippen molar-refractivity contribution in [1.29, 1.82) is 0 Å². The molecule has 0 aliphatic carbocycles. The van der Waals surface area contributed by atoms with Gasteiger partial charge in [0.05, 0.1) is 0 Å². The highest BCUT2D eigenvalue weighted by molar-refractivity contribution is 7.80. The van der Waals surface area contributed by atoms with Crippen LogP contribution in [0.3, 0.4) is 0 Å². The van der Waals surface area contributed by atoms with Gasteiger partial charge in [-0.1, -0.05) is 0 Å². The van der Waals surface area contributed by atoms with E-state index in [0.29, 0.717) is 12.2 Å². The maximum Gasteiger partial charge on any atom is 0.326 e. The van der Waals surface area contributed by atoms with Gasteiger partial charge >= 0.3 is 5.97 Å². The molecule has 4 nitrogen and oxygen atoms in total. The lowest BCUT2D eigenvalue weighted by Gasteiger charge is -2.00. The van der Waals surface area contributed by atoms with Crippen molar-refractivity contribution in [3.63, 3.8) is 0 Å². The Bertz CT molecular complexity index is 194. The number of carbonyl (C=O) groups excluding carboxylic acids is 1. The zero-order valence-corrected chi connectivity index (χ0v) is 6.67. The van der Waals surface area contributed by atoms with E-state index in [2.05, 4.69) is 17.9 Å². The number of hydrogen-bond acceptors (Lipinski definition) is 3. The highest BCUT2D eigenvalue weighted by atomic mass is 32.1. The normalized spacial score (nSPS) is 30.1. The van der Waals surface area contributed by atoms with Crippen molar-refractivity contribution in [1.82, 2.24) is 5.32 Å². The van der Waals surface area contributed by atoms with Gasteiger partial charge in [-0.3, -0.25) is 4.79 Å². The van der Waals surface area contributed by atoms with Crippen LogP contribution in [0.15, 0.2) is 0 Å². The van der Waals surface area contributed by atoms with E-state index < -0.39 is 12.0 Å². The lowest BCUT2D eigenvalue weighted by molar-refractivity contribution is -0.140. The van der Waals surface area contributed by atoms with Crippen LogP contribution in [0.2, 0.25) is 0 Å². The third-order valence-electron chi connectivity index (χ3n) is 1.73. The van der Waals surface area contributed by atoms with E-state index in [1.807, 2.05) is 0 Å². The predicted molar refractivity (Wildman–Crippen MR) is 41.5 cm³/mol. The lowest BCUT2D eigenvalue weighted by Crippen LogP contribution is -2.32. The number of nitrogens with one attached hydrogen (secondary N) is 1. The lowest BCUT2D eigenvalue weighted by atomic mass is 10.1. The van der Waals surface area contributed by atoms with Gasteiger partial charge in [-0.05, 0) is 6.42 Å². The van der Waals surface area contributed by atoms with Gasteiger partial charge in [0, 0.05) is 11.7 Å². The van der Waals surface area contributed by atoms with Crippen molar-refractivity contribution >= 4 is 24.5 Å². The molecule has 0 saturated carbocycles. The minimum absolute atomic E-state index is 0.201. The Morgan fingerprint density at radius 1 is 1.82 bits per heavy atom. The van der Waals surface area contributed by atoms with E-state index in [1.54, 1.807) is 0 Å². The number of carbonyl (C=O) groups is 2. The zero-order valence-electron chi connectivity index (χ0n) is 5.78. The standard InChI is InChI=1S/C6H9NO3S/c8-5-3(2-11)1-4(7-5)6(9)10/h3-4,11H,1-2H2,(H,7,8)(H,9,10). The summed E-state index contributed by atoms with van der Waals surface area (Å²) >= 11 is 3.93. The Kier molecular flexibility index (Phi) is 2.38. The molecule has 2 atom stereocenters. The first kappa shape index (κ1) is 8.39. The molecule has 1 rings (SSSR count). The van der Waals surface area contributed by atoms with Crippen LogP contribution in [0, 0.1) is 5.92 Å². The Hall–Kier alpha value is -0.710. The molecular weight excluding hydrogens is 166 g/mol. The minimum Gasteiger partial charge on any atom is -0.480 e. The number of thiol groups is 1. The summed E-state index contributed by atoms with van der Waals surface area (Å²) in [6.07, 6.45) is 0.359. The molecule has 5 heteroatoms. The first-order valence-corrected chi connectivity index (χ1v) is 3.92. The Balaban J connectivity index is 2.56. The first-order chi connectivity index (χ1) is 5.15. The summed E-state index contributed by atoms with van der Waals surface area (Å²) in [4.78, 5) is 21.3. The molecule has 1 amide bonds. The molecule has 11 heavy (non-hydrogen) atoms. The van der Waals surface area contributed by atoms with Gasteiger partial charge < -0.3 is 10.4 Å². The zero-order chi connectivity index (χ0) is 8.43. The van der Waals surface area contributed by atoms with Crippen molar-refractivity contribution in [3.8, 4) is 0 Å². The monoisotopic (exact) mass is 175 g/mol. The summed E-state index contributed by atoms with van der Waals surface area (Å²) in [5.74, 6) is -0.996. The van der Waals surface area contributed by atoms with Crippen molar-refractivity contribution in [3.05, 3.63) is 0 Å². The highest BCUT2D eigenvalue weighted by Crippen LogP contribution is 2.16. The summed E-state index contributed by atoms with van der Waals surface area (Å²) in [7, 11) is 0. The topological polar surface area (TPSA) is 66.4 Å². The average molecular weight is 175 g/mol. The molecule has 0 radical (unpaired) electrons. The van der Waals surface area contributed by atoms with E-state index in [9.17, 15) is 9.59 Å². The molecular formula is C6H9NO3S. The van der Waals surface area contributed by atoms with Crippen LogP contribution in [0.4, 0.5) is 0 Å². The van der Waals surface area contributed by atoms with E-state index in [1.165, 1.54) is 0 Å². The number of amides is 1. The molecule has 62 valence electrons. The third-order valence-corrected chi connectivity index (χ3v) is 2.17. The van der Waals surface area contributed by atoms with Crippen LogP contribution < -0.4 is 5.32 Å². The molecule has 0 aromatic rings. The van der Waals surface area contributed by atoms with Crippen LogP contribution in [0.25, 0.3) is 0 Å². The fraction of sp³-hybridized carbons (Fsp3) is 0.667. The number of hydrogen-bond donors (Lipinski definition) is 3. The number of aliphatic carboxylic acids is 1. The van der Waals surface area contributed by atoms with Gasteiger partial charge in [-0.15, -0.1) is 0 Å². The number of carboxylic acids is 1. The molecule has 1 fully saturated rings. The average Bonchev–Trinajstić information content (AvgIpc) is 2.31. The molecule has 0 bridgehead atoms. The quantitative estimate of drug-likeness (QED) is 0.496. The van der Waals surface area contributed by atoms with Gasteiger partial charge in [-0.2, -0.15) is 12.6 Å². The summed E-state index contributed by atoms with van der Waals surface area (Å²) in [6.45, 7) is 0. The molecule has 1 heterocycles. The second-order valence-corrected chi connectivity index (χ2v) is 2.88. The van der Waals surface area contributed by atoms with Crippen LogP contribution in [-0.2, 0) is 9.59 Å². The largest absolute Gasteiger partial charge is 0.480 e. The minimum atomic E-state index is -0.970. The maximum atomic E-state index is 10.9. The Morgan fingerprint density at radius 3 is 2.73 bits per heavy atom. The van der Waals surface area contributed by atoms with E-state index in [0.717, 1.165) is 0 Å². The van der Waals surface area contributed by atoms with Crippen LogP contribution in [0.1, 0.15) is 6.42 Å². The van der Waals surface area contributed by atoms with Crippen molar-refractivity contribution in [2.75, 3.05) is 5.75 Å². The van der Waals surface area contributed by atoms with Gasteiger partial charge in [0.2, 0.25) is 5.91 Å². The summed E-state index contributed by atoms with van der Waals surface area (Å²) in [5.41, 5.74) is 0. The van der Waals surface area contributed by atoms with Crippen LogP contribution >= 0.6 is 12.6 Å². The molecule has 0 aromatic carbocycles. The van der Waals surface area contributed by atoms with Crippen LogP contribution in [-0.4, -0.2) is 28.8 Å². The van der Waals surface area contributed by atoms with Crippen LogP contribution in [0.5, 0.6) is 0 Å². The van der Waals surface area contributed by atoms with Gasteiger partial charge in [0.1, 0.15) is 6.04 Å². The van der Waals surface area contributed by atoms with Crippen molar-refractivity contribution in [2.24, 2.45) is 5.92 Å².